The number of rotatable bonds is 7. The highest BCUT2D eigenvalue weighted by molar-refractivity contribution is 5.74. The number of alkyl halides is 1. The summed E-state index contributed by atoms with van der Waals surface area (Å²) in [6.45, 7) is 2.35. The zero-order valence-corrected chi connectivity index (χ0v) is 16.4. The summed E-state index contributed by atoms with van der Waals surface area (Å²) in [4.78, 5) is 11.6. The molecular formula is C23H32FO3. The fraction of sp³-hybridized carbons (Fsp3) is 0.652. The van der Waals surface area contributed by atoms with Gasteiger partial charge in [0.05, 0.1) is 6.61 Å². The predicted octanol–water partition coefficient (Wildman–Crippen LogP) is 5.78. The first-order chi connectivity index (χ1) is 13.2. The number of halogens is 1. The van der Waals surface area contributed by atoms with E-state index in [-0.39, 0.29) is 12.5 Å². The molecule has 4 heteroatoms. The summed E-state index contributed by atoms with van der Waals surface area (Å²) in [6.07, 6.45) is 9.44. The van der Waals surface area contributed by atoms with E-state index in [2.05, 4.69) is 30.7 Å². The molecule has 2 fully saturated rings. The molecule has 0 aromatic heterocycles. The van der Waals surface area contributed by atoms with Gasteiger partial charge in [-0.15, -0.1) is 0 Å². The van der Waals surface area contributed by atoms with Crippen LogP contribution in [0, 0.1) is 12.3 Å². The molecule has 2 aliphatic carbocycles. The Labute approximate surface area is 162 Å². The van der Waals surface area contributed by atoms with Crippen molar-refractivity contribution in [3.8, 4) is 5.75 Å². The fourth-order valence-electron chi connectivity index (χ4n) is 4.13. The van der Waals surface area contributed by atoms with Crippen LogP contribution < -0.4 is 4.74 Å². The number of hydrogen-bond acceptors (Lipinski definition) is 3. The quantitative estimate of drug-likeness (QED) is 0.567. The van der Waals surface area contributed by atoms with Crippen LogP contribution >= 0.6 is 0 Å². The molecule has 0 heterocycles. The van der Waals surface area contributed by atoms with Crippen LogP contribution in [0.25, 0.3) is 0 Å². The molecule has 3 nitrogen and oxygen atoms in total. The number of ether oxygens (including phenoxy) is 2. The fourth-order valence-corrected chi connectivity index (χ4v) is 4.13. The first-order valence-electron chi connectivity index (χ1n) is 10.5. The standard InChI is InChI=1S/C23H32FO3/c1-2-22(24)23(25)27-21-12-8-17(9-13-21)16-26-20-14-10-19(11-15-20)18-6-4-3-5-7-18/h3,10-11,14-15,17-18,21-22H,2,4-9,12-13,16H2,1H3/t17?,21?,22-/m0/s1. The van der Waals surface area contributed by atoms with Crippen molar-refractivity contribution in [2.24, 2.45) is 5.92 Å². The SMILES string of the molecule is CC[C@H](F)C(=O)OC1CCC(COc2ccc(C3CC[CH]CC3)cc2)CC1. The van der Waals surface area contributed by atoms with E-state index in [9.17, 15) is 9.18 Å². The van der Waals surface area contributed by atoms with Gasteiger partial charge in [-0.05, 0) is 93.7 Å². The smallest absolute Gasteiger partial charge is 0.340 e. The van der Waals surface area contributed by atoms with Gasteiger partial charge < -0.3 is 9.47 Å². The summed E-state index contributed by atoms with van der Waals surface area (Å²) < 4.78 is 24.6. The third kappa shape index (κ3) is 5.95. The molecule has 0 unspecified atom stereocenters. The van der Waals surface area contributed by atoms with Crippen LogP contribution in [0.2, 0.25) is 0 Å². The lowest BCUT2D eigenvalue weighted by atomic mass is 9.84. The molecule has 0 amide bonds. The second-order valence-corrected chi connectivity index (χ2v) is 7.98. The Bertz CT molecular complexity index is 572. The van der Waals surface area contributed by atoms with E-state index in [0.717, 1.165) is 31.4 Å². The van der Waals surface area contributed by atoms with E-state index in [1.54, 1.807) is 6.92 Å². The highest BCUT2D eigenvalue weighted by Gasteiger charge is 2.27. The van der Waals surface area contributed by atoms with Crippen LogP contribution in [-0.2, 0) is 9.53 Å². The Hall–Kier alpha value is -1.58. The normalized spacial score (nSPS) is 25.0. The Morgan fingerprint density at radius 2 is 1.74 bits per heavy atom. The van der Waals surface area contributed by atoms with Gasteiger partial charge in [-0.3, -0.25) is 0 Å². The number of esters is 1. The highest BCUT2D eigenvalue weighted by atomic mass is 19.1. The van der Waals surface area contributed by atoms with E-state index in [0.29, 0.717) is 18.4 Å². The molecule has 1 radical (unpaired) electrons. The summed E-state index contributed by atoms with van der Waals surface area (Å²) in [5.41, 5.74) is 1.43. The zero-order chi connectivity index (χ0) is 19.1. The van der Waals surface area contributed by atoms with Crippen molar-refractivity contribution in [1.29, 1.82) is 0 Å². The number of hydrogen-bond donors (Lipinski definition) is 0. The van der Waals surface area contributed by atoms with Crippen molar-refractivity contribution in [2.75, 3.05) is 6.61 Å². The third-order valence-corrected chi connectivity index (χ3v) is 5.97. The van der Waals surface area contributed by atoms with Crippen LogP contribution in [0.3, 0.4) is 0 Å². The first kappa shape index (κ1) is 20.2. The lowest BCUT2D eigenvalue weighted by Gasteiger charge is -2.28. The summed E-state index contributed by atoms with van der Waals surface area (Å²) in [5.74, 6) is 1.39. The molecular weight excluding hydrogens is 343 g/mol. The van der Waals surface area contributed by atoms with E-state index in [4.69, 9.17) is 9.47 Å². The molecule has 1 aromatic carbocycles. The number of carbonyl (C=O) groups excluding carboxylic acids is 1. The third-order valence-electron chi connectivity index (χ3n) is 5.97. The Kier molecular flexibility index (Phi) is 7.54. The maximum atomic E-state index is 13.3. The van der Waals surface area contributed by atoms with Gasteiger partial charge in [-0.1, -0.05) is 19.1 Å². The van der Waals surface area contributed by atoms with E-state index in [1.165, 1.54) is 31.2 Å². The van der Waals surface area contributed by atoms with Crippen molar-refractivity contribution in [3.05, 3.63) is 36.2 Å². The van der Waals surface area contributed by atoms with Gasteiger partial charge in [0.1, 0.15) is 11.9 Å². The van der Waals surface area contributed by atoms with E-state index in [1.807, 2.05) is 0 Å². The average Bonchev–Trinajstić information content (AvgIpc) is 2.73. The molecule has 0 saturated heterocycles. The summed E-state index contributed by atoms with van der Waals surface area (Å²) >= 11 is 0. The first-order valence-corrected chi connectivity index (χ1v) is 10.5. The second-order valence-electron chi connectivity index (χ2n) is 7.98. The highest BCUT2D eigenvalue weighted by Crippen LogP contribution is 2.33. The molecule has 1 aromatic rings. The molecule has 2 aliphatic rings. The lowest BCUT2D eigenvalue weighted by molar-refractivity contribution is -0.157. The van der Waals surface area contributed by atoms with Crippen molar-refractivity contribution in [3.63, 3.8) is 0 Å². The Morgan fingerprint density at radius 3 is 2.37 bits per heavy atom. The molecule has 1 atom stereocenters. The molecule has 0 spiro atoms. The summed E-state index contributed by atoms with van der Waals surface area (Å²) in [7, 11) is 0. The van der Waals surface area contributed by atoms with Crippen LogP contribution in [0.4, 0.5) is 4.39 Å². The topological polar surface area (TPSA) is 35.5 Å². The van der Waals surface area contributed by atoms with Crippen molar-refractivity contribution in [1.82, 2.24) is 0 Å². The summed E-state index contributed by atoms with van der Waals surface area (Å²) in [6, 6.07) is 8.60. The zero-order valence-electron chi connectivity index (χ0n) is 16.4. The predicted molar refractivity (Wildman–Crippen MR) is 104 cm³/mol. The van der Waals surface area contributed by atoms with Gasteiger partial charge in [-0.2, -0.15) is 0 Å². The van der Waals surface area contributed by atoms with Crippen LogP contribution in [-0.4, -0.2) is 24.9 Å². The van der Waals surface area contributed by atoms with E-state index < -0.39 is 12.1 Å². The maximum Gasteiger partial charge on any atom is 0.340 e. The van der Waals surface area contributed by atoms with Gasteiger partial charge in [0.2, 0.25) is 0 Å². The van der Waals surface area contributed by atoms with Crippen LogP contribution in [0.15, 0.2) is 24.3 Å². The van der Waals surface area contributed by atoms with Crippen molar-refractivity contribution < 1.29 is 18.7 Å². The summed E-state index contributed by atoms with van der Waals surface area (Å²) in [5, 5.41) is 0. The minimum absolute atomic E-state index is 0.134. The molecule has 0 bridgehead atoms. The van der Waals surface area contributed by atoms with Crippen LogP contribution in [0.1, 0.15) is 76.2 Å². The maximum absolute atomic E-state index is 13.3. The largest absolute Gasteiger partial charge is 0.493 e. The van der Waals surface area contributed by atoms with Gasteiger partial charge in [0.25, 0.3) is 0 Å². The van der Waals surface area contributed by atoms with E-state index >= 15 is 0 Å². The number of carbonyl (C=O) groups is 1. The van der Waals surface area contributed by atoms with Gasteiger partial charge in [-0.25, -0.2) is 9.18 Å². The molecule has 27 heavy (non-hydrogen) atoms. The molecule has 0 aliphatic heterocycles. The van der Waals surface area contributed by atoms with Gasteiger partial charge in [0.15, 0.2) is 6.17 Å². The number of benzene rings is 1. The minimum atomic E-state index is -1.49. The molecule has 0 N–H and O–H groups in total. The molecule has 2 saturated carbocycles. The molecule has 149 valence electrons. The minimum Gasteiger partial charge on any atom is -0.493 e. The average molecular weight is 376 g/mol. The van der Waals surface area contributed by atoms with Gasteiger partial charge in [0, 0.05) is 0 Å². The van der Waals surface area contributed by atoms with Crippen molar-refractivity contribution in [2.45, 2.75) is 82.9 Å². The molecule has 3 rings (SSSR count). The van der Waals surface area contributed by atoms with Crippen molar-refractivity contribution >= 4 is 5.97 Å². The Balaban J connectivity index is 1.38. The monoisotopic (exact) mass is 375 g/mol. The Morgan fingerprint density at radius 1 is 1.07 bits per heavy atom. The second kappa shape index (κ2) is 10.1. The van der Waals surface area contributed by atoms with Gasteiger partial charge >= 0.3 is 5.97 Å². The lowest BCUT2D eigenvalue weighted by Crippen LogP contribution is -2.30. The van der Waals surface area contributed by atoms with Crippen LogP contribution in [0.5, 0.6) is 5.75 Å².